The predicted molar refractivity (Wildman–Crippen MR) is 133 cm³/mol. The minimum atomic E-state index is -0.348. The molecule has 0 atom stereocenters. The van der Waals surface area contributed by atoms with Crippen LogP contribution in [0.1, 0.15) is 37.0 Å². The van der Waals surface area contributed by atoms with Gasteiger partial charge in [0.05, 0.1) is 32.6 Å². The molecular formula is C24H27N5O5S. The summed E-state index contributed by atoms with van der Waals surface area (Å²) in [5, 5.41) is 16.4. The third-order valence-electron chi connectivity index (χ3n) is 5.01. The molecule has 0 fully saturated rings. The van der Waals surface area contributed by atoms with Crippen LogP contribution in [-0.4, -0.2) is 52.6 Å². The number of aromatic nitrogens is 4. The van der Waals surface area contributed by atoms with Crippen molar-refractivity contribution in [3.05, 3.63) is 41.7 Å². The molecule has 0 unspecified atom stereocenters. The number of benzene rings is 2. The average Bonchev–Trinajstić information content (AvgIpc) is 3.43. The molecule has 0 saturated carbocycles. The maximum Gasteiger partial charge on any atom is 0.256 e. The van der Waals surface area contributed by atoms with E-state index >= 15 is 0 Å². The van der Waals surface area contributed by atoms with Crippen molar-refractivity contribution in [3.8, 4) is 33.6 Å². The first-order valence-electron chi connectivity index (χ1n) is 11.2. The van der Waals surface area contributed by atoms with Crippen molar-refractivity contribution in [1.82, 2.24) is 19.8 Å². The summed E-state index contributed by atoms with van der Waals surface area (Å²) in [5.74, 6) is 2.24. The quantitative estimate of drug-likeness (QED) is 0.338. The number of carbonyl (C=O) groups is 1. The van der Waals surface area contributed by atoms with Gasteiger partial charge in [-0.15, -0.1) is 10.2 Å². The molecule has 1 N–H and O–H groups in total. The molecule has 0 bridgehead atoms. The second-order valence-electron chi connectivity index (χ2n) is 7.32. The molecule has 11 heteroatoms. The van der Waals surface area contributed by atoms with Gasteiger partial charge in [-0.3, -0.25) is 4.79 Å². The number of methoxy groups -OCH3 is 1. The van der Waals surface area contributed by atoms with Gasteiger partial charge in [-0.1, -0.05) is 11.3 Å². The summed E-state index contributed by atoms with van der Waals surface area (Å²) in [6.45, 7) is 8.72. The van der Waals surface area contributed by atoms with Gasteiger partial charge < -0.3 is 24.3 Å². The molecule has 4 aromatic rings. The lowest BCUT2D eigenvalue weighted by Crippen LogP contribution is -2.14. The number of ether oxygens (including phenoxy) is 4. The monoisotopic (exact) mass is 497 g/mol. The van der Waals surface area contributed by atoms with Crippen molar-refractivity contribution in [2.24, 2.45) is 0 Å². The summed E-state index contributed by atoms with van der Waals surface area (Å²) < 4.78 is 24.4. The Bertz CT molecular complexity index is 1320. The van der Waals surface area contributed by atoms with Crippen molar-refractivity contribution in [2.45, 2.75) is 27.7 Å². The number of rotatable bonds is 10. The van der Waals surface area contributed by atoms with Crippen LogP contribution in [-0.2, 0) is 0 Å². The van der Waals surface area contributed by atoms with E-state index in [0.717, 1.165) is 10.6 Å². The summed E-state index contributed by atoms with van der Waals surface area (Å²) in [7, 11) is 1.55. The molecule has 2 aromatic heterocycles. The molecule has 35 heavy (non-hydrogen) atoms. The van der Waals surface area contributed by atoms with Gasteiger partial charge in [-0.2, -0.15) is 9.61 Å². The van der Waals surface area contributed by atoms with Crippen LogP contribution >= 0.6 is 11.3 Å². The molecular weight excluding hydrogens is 470 g/mol. The number of nitrogens with zero attached hydrogens (tertiary/aromatic N) is 4. The molecule has 0 saturated heterocycles. The Morgan fingerprint density at radius 3 is 2.26 bits per heavy atom. The lowest BCUT2D eigenvalue weighted by molar-refractivity contribution is 0.102. The number of hydrogen-bond donors (Lipinski definition) is 1. The minimum Gasteiger partial charge on any atom is -0.495 e. The number of carbonyl (C=O) groups excluding carboxylic acids is 1. The zero-order valence-electron chi connectivity index (χ0n) is 20.2. The predicted octanol–water partition coefficient (Wildman–Crippen LogP) is 4.62. The smallest absolute Gasteiger partial charge is 0.256 e. The summed E-state index contributed by atoms with van der Waals surface area (Å²) >= 11 is 1.41. The van der Waals surface area contributed by atoms with E-state index < -0.39 is 0 Å². The second kappa shape index (κ2) is 10.6. The van der Waals surface area contributed by atoms with Gasteiger partial charge in [-0.05, 0) is 58.0 Å². The maximum atomic E-state index is 13.3. The fraction of sp³-hybridized carbons (Fsp3) is 0.333. The third kappa shape index (κ3) is 4.99. The van der Waals surface area contributed by atoms with E-state index in [1.807, 2.05) is 39.8 Å². The Labute approximate surface area is 206 Å². The van der Waals surface area contributed by atoms with Gasteiger partial charge >= 0.3 is 0 Å². The number of nitrogens with one attached hydrogen (secondary N) is 1. The van der Waals surface area contributed by atoms with Crippen LogP contribution in [0.2, 0.25) is 0 Å². The summed E-state index contributed by atoms with van der Waals surface area (Å²) in [6, 6.07) is 8.78. The van der Waals surface area contributed by atoms with E-state index in [2.05, 4.69) is 20.6 Å². The number of amides is 1. The molecule has 1 amide bonds. The van der Waals surface area contributed by atoms with E-state index in [9.17, 15) is 4.79 Å². The van der Waals surface area contributed by atoms with E-state index in [1.54, 1.807) is 29.8 Å². The van der Waals surface area contributed by atoms with E-state index in [1.165, 1.54) is 11.3 Å². The standard InChI is InChI=1S/C24H27N5O5S/c1-6-32-19-12-16(13-20(33-7-2)21(19)34-8-3)22(30)25-17-11-15(9-10-18(17)31-5)23-28-29-14(4)26-27-24(29)35-23/h9-13H,6-8H2,1-5H3,(H,25,30). The average molecular weight is 498 g/mol. The fourth-order valence-corrected chi connectivity index (χ4v) is 4.37. The molecule has 0 radical (unpaired) electrons. The number of anilines is 1. The highest BCUT2D eigenvalue weighted by molar-refractivity contribution is 7.19. The van der Waals surface area contributed by atoms with Crippen LogP contribution < -0.4 is 24.3 Å². The van der Waals surface area contributed by atoms with Crippen LogP contribution in [0.15, 0.2) is 30.3 Å². The highest BCUT2D eigenvalue weighted by Crippen LogP contribution is 2.40. The first-order chi connectivity index (χ1) is 17.0. The molecule has 184 valence electrons. The van der Waals surface area contributed by atoms with Gasteiger partial charge in [0.15, 0.2) is 17.3 Å². The van der Waals surface area contributed by atoms with Crippen molar-refractivity contribution >= 4 is 27.9 Å². The normalized spacial score (nSPS) is 10.9. The van der Waals surface area contributed by atoms with Gasteiger partial charge in [0, 0.05) is 11.1 Å². The van der Waals surface area contributed by atoms with Crippen molar-refractivity contribution in [2.75, 3.05) is 32.2 Å². The minimum absolute atomic E-state index is 0.348. The molecule has 0 spiro atoms. The zero-order chi connectivity index (χ0) is 24.9. The van der Waals surface area contributed by atoms with Gasteiger partial charge in [0.25, 0.3) is 5.91 Å². The Morgan fingerprint density at radius 2 is 1.66 bits per heavy atom. The highest BCUT2D eigenvalue weighted by Gasteiger charge is 2.20. The first kappa shape index (κ1) is 24.3. The lowest BCUT2D eigenvalue weighted by Gasteiger charge is -2.17. The Kier molecular flexibility index (Phi) is 7.35. The number of fused-ring (bicyclic) bond motifs is 1. The Morgan fingerprint density at radius 1 is 0.971 bits per heavy atom. The SMILES string of the molecule is CCOc1cc(C(=O)Nc2cc(-c3nn4c(C)nnc4s3)ccc2OC)cc(OCC)c1OCC. The van der Waals surface area contributed by atoms with Crippen molar-refractivity contribution in [1.29, 1.82) is 0 Å². The second-order valence-corrected chi connectivity index (χ2v) is 8.27. The van der Waals surface area contributed by atoms with Crippen molar-refractivity contribution in [3.63, 3.8) is 0 Å². The first-order valence-corrected chi connectivity index (χ1v) is 12.1. The van der Waals surface area contributed by atoms with Gasteiger partial charge in [0.2, 0.25) is 10.7 Å². The summed E-state index contributed by atoms with van der Waals surface area (Å²) in [4.78, 5) is 14.0. The highest BCUT2D eigenvalue weighted by atomic mass is 32.1. The van der Waals surface area contributed by atoms with Gasteiger partial charge in [-0.25, -0.2) is 0 Å². The van der Waals surface area contributed by atoms with Gasteiger partial charge in [0.1, 0.15) is 10.8 Å². The molecule has 2 aromatic carbocycles. The molecule has 2 heterocycles. The fourth-order valence-electron chi connectivity index (χ4n) is 3.48. The lowest BCUT2D eigenvalue weighted by atomic mass is 10.1. The van der Waals surface area contributed by atoms with Crippen LogP contribution in [0.3, 0.4) is 0 Å². The van der Waals surface area contributed by atoms with E-state index in [4.69, 9.17) is 18.9 Å². The molecule has 10 nitrogen and oxygen atoms in total. The van der Waals surface area contributed by atoms with Crippen LogP contribution in [0.25, 0.3) is 15.5 Å². The van der Waals surface area contributed by atoms with E-state index in [-0.39, 0.29) is 5.91 Å². The molecule has 0 aliphatic rings. The largest absolute Gasteiger partial charge is 0.495 e. The third-order valence-corrected chi connectivity index (χ3v) is 5.96. The summed E-state index contributed by atoms with van der Waals surface area (Å²) in [6.07, 6.45) is 0. The number of hydrogen-bond acceptors (Lipinski definition) is 9. The molecule has 4 rings (SSSR count). The maximum absolute atomic E-state index is 13.3. The Balaban J connectivity index is 1.68. The number of aryl methyl sites for hydroxylation is 1. The zero-order valence-corrected chi connectivity index (χ0v) is 21.1. The molecule has 0 aliphatic heterocycles. The molecule has 0 aliphatic carbocycles. The van der Waals surface area contributed by atoms with E-state index in [0.29, 0.717) is 64.9 Å². The van der Waals surface area contributed by atoms with Crippen LogP contribution in [0.4, 0.5) is 5.69 Å². The van der Waals surface area contributed by atoms with Crippen LogP contribution in [0.5, 0.6) is 23.0 Å². The summed E-state index contributed by atoms with van der Waals surface area (Å²) in [5.41, 5.74) is 1.68. The topological polar surface area (TPSA) is 109 Å². The van der Waals surface area contributed by atoms with Crippen molar-refractivity contribution < 1.29 is 23.7 Å². The van der Waals surface area contributed by atoms with Crippen LogP contribution in [0, 0.1) is 6.92 Å². The Hall–Kier alpha value is -3.86.